The lowest BCUT2D eigenvalue weighted by molar-refractivity contribution is -0.137. The Labute approximate surface area is 146 Å². The average Bonchev–Trinajstić information content (AvgIpc) is 2.51. The van der Waals surface area contributed by atoms with Gasteiger partial charge in [0.15, 0.2) is 0 Å². The van der Waals surface area contributed by atoms with Gasteiger partial charge in [0.1, 0.15) is 6.54 Å². The summed E-state index contributed by atoms with van der Waals surface area (Å²) in [6, 6.07) is 6.57. The third-order valence-electron chi connectivity index (χ3n) is 3.13. The van der Waals surface area contributed by atoms with Gasteiger partial charge in [-0.25, -0.2) is 0 Å². The largest absolute Gasteiger partial charge is 0.480 e. The van der Waals surface area contributed by atoms with Crippen molar-refractivity contribution in [2.45, 2.75) is 27.2 Å². The highest BCUT2D eigenvalue weighted by molar-refractivity contribution is 5.95. The zero-order chi connectivity index (χ0) is 19.0. The summed E-state index contributed by atoms with van der Waals surface area (Å²) in [6.07, 6.45) is 0.0448. The van der Waals surface area contributed by atoms with Gasteiger partial charge in [0.25, 0.3) is 0 Å². The summed E-state index contributed by atoms with van der Waals surface area (Å²) in [5.41, 5.74) is 0.648. The first-order valence-electron chi connectivity index (χ1n) is 7.73. The van der Waals surface area contributed by atoms with Crippen LogP contribution in [0.1, 0.15) is 26.3 Å². The maximum absolute atomic E-state index is 11.8. The third kappa shape index (κ3) is 7.96. The summed E-state index contributed by atoms with van der Waals surface area (Å²) < 4.78 is 0. The number of hydrogen-bond acceptors (Lipinski definition) is 4. The molecule has 0 unspecified atom stereocenters. The van der Waals surface area contributed by atoms with E-state index in [0.29, 0.717) is 11.3 Å². The van der Waals surface area contributed by atoms with Crippen LogP contribution in [-0.2, 0) is 25.6 Å². The minimum Gasteiger partial charge on any atom is -0.480 e. The molecule has 0 fully saturated rings. The Morgan fingerprint density at radius 1 is 0.920 bits per heavy atom. The van der Waals surface area contributed by atoms with Gasteiger partial charge in [-0.3, -0.25) is 19.2 Å². The number of aliphatic carboxylic acids is 1. The van der Waals surface area contributed by atoms with Crippen LogP contribution >= 0.6 is 0 Å². The van der Waals surface area contributed by atoms with Gasteiger partial charge in [0.2, 0.25) is 17.7 Å². The van der Waals surface area contributed by atoms with Crippen molar-refractivity contribution in [3.8, 4) is 0 Å². The van der Waals surface area contributed by atoms with E-state index >= 15 is 0 Å². The summed E-state index contributed by atoms with van der Waals surface area (Å²) in [5.74, 6) is -2.08. The Morgan fingerprint density at radius 3 is 2.04 bits per heavy atom. The SMILES string of the molecule is CC(C)(C)C(=O)NCC(=O)Nc1ccc(CC(=O)NCC(=O)O)cc1. The number of carbonyl (C=O) groups is 4. The Kier molecular flexibility index (Phi) is 7.10. The van der Waals surface area contributed by atoms with Crippen LogP contribution in [0.15, 0.2) is 24.3 Å². The van der Waals surface area contributed by atoms with Gasteiger partial charge in [0, 0.05) is 11.1 Å². The molecule has 0 atom stereocenters. The van der Waals surface area contributed by atoms with Crippen molar-refractivity contribution < 1.29 is 24.3 Å². The van der Waals surface area contributed by atoms with E-state index in [1.54, 1.807) is 45.0 Å². The molecule has 8 nitrogen and oxygen atoms in total. The second kappa shape index (κ2) is 8.81. The maximum Gasteiger partial charge on any atom is 0.322 e. The van der Waals surface area contributed by atoms with Crippen molar-refractivity contribution in [1.82, 2.24) is 10.6 Å². The summed E-state index contributed by atoms with van der Waals surface area (Å²) in [7, 11) is 0. The highest BCUT2D eigenvalue weighted by Gasteiger charge is 2.21. The molecule has 1 aromatic carbocycles. The molecule has 0 aliphatic carbocycles. The highest BCUT2D eigenvalue weighted by atomic mass is 16.4. The topological polar surface area (TPSA) is 125 Å². The van der Waals surface area contributed by atoms with E-state index in [2.05, 4.69) is 16.0 Å². The second-order valence-corrected chi connectivity index (χ2v) is 6.53. The Balaban J connectivity index is 2.46. The first kappa shape index (κ1) is 20.1. The number of amides is 3. The number of carbonyl (C=O) groups excluding carboxylic acids is 3. The molecule has 0 heterocycles. The monoisotopic (exact) mass is 349 g/mol. The Hall–Kier alpha value is -2.90. The van der Waals surface area contributed by atoms with Crippen molar-refractivity contribution in [1.29, 1.82) is 0 Å². The molecule has 0 radical (unpaired) electrons. The third-order valence-corrected chi connectivity index (χ3v) is 3.13. The zero-order valence-electron chi connectivity index (χ0n) is 14.5. The predicted octanol–water partition coefficient (Wildman–Crippen LogP) is 0.531. The Bertz CT molecular complexity index is 647. The molecule has 0 aliphatic heterocycles. The van der Waals surface area contributed by atoms with Crippen molar-refractivity contribution >= 4 is 29.4 Å². The summed E-state index contributed by atoms with van der Waals surface area (Å²) in [4.78, 5) is 45.4. The fourth-order valence-electron chi connectivity index (χ4n) is 1.76. The molecule has 0 bridgehead atoms. The minimum atomic E-state index is -1.11. The quantitative estimate of drug-likeness (QED) is 0.571. The highest BCUT2D eigenvalue weighted by Crippen LogP contribution is 2.12. The van der Waals surface area contributed by atoms with Gasteiger partial charge in [-0.2, -0.15) is 0 Å². The normalized spacial score (nSPS) is 10.7. The van der Waals surface area contributed by atoms with Gasteiger partial charge in [-0.15, -0.1) is 0 Å². The average molecular weight is 349 g/mol. The van der Waals surface area contributed by atoms with Crippen molar-refractivity contribution in [3.05, 3.63) is 29.8 Å². The van der Waals surface area contributed by atoms with Gasteiger partial charge in [-0.05, 0) is 17.7 Å². The first-order chi connectivity index (χ1) is 11.6. The fraction of sp³-hybridized carbons (Fsp3) is 0.412. The van der Waals surface area contributed by atoms with Gasteiger partial charge < -0.3 is 21.1 Å². The van der Waals surface area contributed by atoms with Gasteiger partial charge in [0.05, 0.1) is 13.0 Å². The molecular formula is C17H23N3O5. The molecule has 8 heteroatoms. The Morgan fingerprint density at radius 2 is 1.52 bits per heavy atom. The second-order valence-electron chi connectivity index (χ2n) is 6.53. The standard InChI is InChI=1S/C17H23N3O5/c1-17(2,3)16(25)19-9-14(22)20-12-6-4-11(5-7-12)8-13(21)18-10-15(23)24/h4-7H,8-10H2,1-3H3,(H,18,21)(H,19,25)(H,20,22)(H,23,24). The van der Waals surface area contributed by atoms with Crippen molar-refractivity contribution in [2.24, 2.45) is 5.41 Å². The molecule has 1 aromatic rings. The van der Waals surface area contributed by atoms with E-state index in [4.69, 9.17) is 5.11 Å². The summed E-state index contributed by atoms with van der Waals surface area (Å²) in [5, 5.41) is 15.9. The number of anilines is 1. The molecule has 0 saturated heterocycles. The van der Waals surface area contributed by atoms with Gasteiger partial charge in [-0.1, -0.05) is 32.9 Å². The fourth-order valence-corrected chi connectivity index (χ4v) is 1.76. The smallest absolute Gasteiger partial charge is 0.322 e. The first-order valence-corrected chi connectivity index (χ1v) is 7.73. The van der Waals surface area contributed by atoms with Crippen molar-refractivity contribution in [2.75, 3.05) is 18.4 Å². The van der Waals surface area contributed by atoms with Crippen LogP contribution in [0.25, 0.3) is 0 Å². The number of nitrogens with one attached hydrogen (secondary N) is 3. The number of hydrogen-bond donors (Lipinski definition) is 4. The van der Waals surface area contributed by atoms with Crippen LogP contribution in [0.5, 0.6) is 0 Å². The molecule has 0 aromatic heterocycles. The van der Waals surface area contributed by atoms with E-state index in [1.807, 2.05) is 0 Å². The number of benzene rings is 1. The number of carboxylic acid groups (broad SMARTS) is 1. The molecule has 0 spiro atoms. The lowest BCUT2D eigenvalue weighted by Gasteiger charge is -2.17. The summed E-state index contributed by atoms with van der Waals surface area (Å²) in [6.45, 7) is 4.71. The van der Waals surface area contributed by atoms with E-state index < -0.39 is 23.8 Å². The molecule has 0 saturated carbocycles. The lowest BCUT2D eigenvalue weighted by Crippen LogP contribution is -2.39. The van der Waals surface area contributed by atoms with E-state index in [0.717, 1.165) is 0 Å². The van der Waals surface area contributed by atoms with Crippen LogP contribution in [0.2, 0.25) is 0 Å². The van der Waals surface area contributed by atoms with Crippen LogP contribution in [0, 0.1) is 5.41 Å². The van der Waals surface area contributed by atoms with Crippen LogP contribution in [0.3, 0.4) is 0 Å². The predicted molar refractivity (Wildman–Crippen MR) is 91.9 cm³/mol. The summed E-state index contributed by atoms with van der Waals surface area (Å²) >= 11 is 0. The lowest BCUT2D eigenvalue weighted by atomic mass is 9.96. The van der Waals surface area contributed by atoms with Crippen LogP contribution < -0.4 is 16.0 Å². The molecule has 0 aliphatic rings. The molecular weight excluding hydrogens is 326 g/mol. The number of carboxylic acids is 1. The zero-order valence-corrected chi connectivity index (χ0v) is 14.5. The van der Waals surface area contributed by atoms with E-state index in [1.165, 1.54) is 0 Å². The van der Waals surface area contributed by atoms with E-state index in [-0.39, 0.29) is 24.8 Å². The van der Waals surface area contributed by atoms with Crippen LogP contribution in [0.4, 0.5) is 5.69 Å². The number of rotatable bonds is 7. The maximum atomic E-state index is 11.8. The van der Waals surface area contributed by atoms with Gasteiger partial charge >= 0.3 is 5.97 Å². The van der Waals surface area contributed by atoms with Crippen LogP contribution in [-0.4, -0.2) is 41.9 Å². The minimum absolute atomic E-state index is 0.0448. The molecule has 25 heavy (non-hydrogen) atoms. The molecule has 1 rings (SSSR count). The van der Waals surface area contributed by atoms with Crippen molar-refractivity contribution in [3.63, 3.8) is 0 Å². The molecule has 3 amide bonds. The molecule has 136 valence electrons. The molecule has 4 N–H and O–H groups in total. The van der Waals surface area contributed by atoms with E-state index in [9.17, 15) is 19.2 Å².